The van der Waals surface area contributed by atoms with Gasteiger partial charge in [0.2, 0.25) is 0 Å². The maximum atomic E-state index is 12.0. The maximum Gasteiger partial charge on any atom is 0.344 e. The van der Waals surface area contributed by atoms with E-state index in [1.165, 1.54) is 6.92 Å². The second-order valence-electron chi connectivity index (χ2n) is 5.81. The molecular weight excluding hydrogens is 334 g/mol. The fraction of sp³-hybridized carbons (Fsp3) is 0.250. The van der Waals surface area contributed by atoms with E-state index in [0.717, 1.165) is 17.4 Å². The molecule has 1 amide bonds. The molecule has 0 bridgehead atoms. The molecule has 6 nitrogen and oxygen atoms in total. The number of ether oxygens (including phenoxy) is 2. The van der Waals surface area contributed by atoms with Crippen molar-refractivity contribution < 1.29 is 23.9 Å². The summed E-state index contributed by atoms with van der Waals surface area (Å²) in [5, 5.41) is 2.72. The fourth-order valence-electron chi connectivity index (χ4n) is 2.11. The van der Waals surface area contributed by atoms with Gasteiger partial charge in [-0.15, -0.1) is 0 Å². The van der Waals surface area contributed by atoms with Crippen molar-refractivity contribution in [3.63, 3.8) is 0 Å². The molecule has 0 radical (unpaired) electrons. The Morgan fingerprint density at radius 1 is 1.08 bits per heavy atom. The SMILES string of the molecule is Cc1ccc(CNC(=O)[C@@H](C)OC(=O)COc2ccc(C=O)cc2)cc1. The molecule has 136 valence electrons. The molecule has 0 saturated heterocycles. The van der Waals surface area contributed by atoms with E-state index in [1.807, 2.05) is 31.2 Å². The third-order valence-corrected chi connectivity index (χ3v) is 3.64. The van der Waals surface area contributed by atoms with Gasteiger partial charge in [-0.2, -0.15) is 0 Å². The predicted octanol–water partition coefficient (Wildman–Crippen LogP) is 2.43. The molecule has 26 heavy (non-hydrogen) atoms. The number of aldehydes is 1. The van der Waals surface area contributed by atoms with Gasteiger partial charge < -0.3 is 14.8 Å². The van der Waals surface area contributed by atoms with Crippen molar-refractivity contribution in [2.75, 3.05) is 6.61 Å². The Bertz CT molecular complexity index is 753. The van der Waals surface area contributed by atoms with Crippen molar-refractivity contribution in [2.24, 2.45) is 0 Å². The second kappa shape index (κ2) is 9.36. The van der Waals surface area contributed by atoms with E-state index >= 15 is 0 Å². The third kappa shape index (κ3) is 6.05. The predicted molar refractivity (Wildman–Crippen MR) is 95.9 cm³/mol. The molecule has 6 heteroatoms. The van der Waals surface area contributed by atoms with E-state index < -0.39 is 12.1 Å². The molecule has 2 aromatic rings. The minimum atomic E-state index is -0.922. The van der Waals surface area contributed by atoms with Crippen LogP contribution in [0.5, 0.6) is 5.75 Å². The van der Waals surface area contributed by atoms with E-state index in [1.54, 1.807) is 24.3 Å². The Balaban J connectivity index is 1.73. The van der Waals surface area contributed by atoms with E-state index in [2.05, 4.69) is 5.32 Å². The van der Waals surface area contributed by atoms with Crippen molar-refractivity contribution in [1.29, 1.82) is 0 Å². The molecule has 0 heterocycles. The van der Waals surface area contributed by atoms with Gasteiger partial charge in [0.1, 0.15) is 12.0 Å². The highest BCUT2D eigenvalue weighted by Crippen LogP contribution is 2.11. The van der Waals surface area contributed by atoms with Gasteiger partial charge in [-0.05, 0) is 43.7 Å². The van der Waals surface area contributed by atoms with Crippen LogP contribution < -0.4 is 10.1 Å². The molecule has 0 aliphatic heterocycles. The van der Waals surface area contributed by atoms with E-state index in [-0.39, 0.29) is 12.5 Å². The summed E-state index contributed by atoms with van der Waals surface area (Å²) in [5.74, 6) is -0.597. The normalized spacial score (nSPS) is 11.3. The molecule has 0 aliphatic rings. The number of carbonyl (C=O) groups is 3. The van der Waals surface area contributed by atoms with Gasteiger partial charge in [0.25, 0.3) is 5.91 Å². The quantitative estimate of drug-likeness (QED) is 0.581. The van der Waals surface area contributed by atoms with Crippen molar-refractivity contribution in [3.8, 4) is 5.75 Å². The highest BCUT2D eigenvalue weighted by Gasteiger charge is 2.17. The van der Waals surface area contributed by atoms with Gasteiger partial charge in [0.05, 0.1) is 0 Å². The van der Waals surface area contributed by atoms with Crippen molar-refractivity contribution in [1.82, 2.24) is 5.32 Å². The Kier molecular flexibility index (Phi) is 6.91. The van der Waals surface area contributed by atoms with Gasteiger partial charge in [-0.3, -0.25) is 9.59 Å². The lowest BCUT2D eigenvalue weighted by molar-refractivity contribution is -0.156. The van der Waals surface area contributed by atoms with Crippen LogP contribution in [-0.4, -0.2) is 30.9 Å². The van der Waals surface area contributed by atoms with Gasteiger partial charge in [-0.25, -0.2) is 4.79 Å². The summed E-state index contributed by atoms with van der Waals surface area (Å²) in [6, 6.07) is 14.1. The Hall–Kier alpha value is -3.15. The molecular formula is C20H21NO5. The minimum Gasteiger partial charge on any atom is -0.482 e. The van der Waals surface area contributed by atoms with Crippen LogP contribution in [0.1, 0.15) is 28.4 Å². The average molecular weight is 355 g/mol. The summed E-state index contributed by atoms with van der Waals surface area (Å²) in [4.78, 5) is 34.4. The molecule has 1 N–H and O–H groups in total. The fourth-order valence-corrected chi connectivity index (χ4v) is 2.11. The summed E-state index contributed by atoms with van der Waals surface area (Å²) >= 11 is 0. The topological polar surface area (TPSA) is 81.7 Å². The van der Waals surface area contributed by atoms with Crippen molar-refractivity contribution in [3.05, 3.63) is 65.2 Å². The Morgan fingerprint density at radius 2 is 1.73 bits per heavy atom. The lowest BCUT2D eigenvalue weighted by Gasteiger charge is -2.14. The molecule has 2 aromatic carbocycles. The zero-order valence-electron chi connectivity index (χ0n) is 14.7. The minimum absolute atomic E-state index is 0.323. The first-order valence-electron chi connectivity index (χ1n) is 8.18. The highest BCUT2D eigenvalue weighted by atomic mass is 16.6. The first kappa shape index (κ1) is 19.2. The van der Waals surface area contributed by atoms with Crippen LogP contribution in [0, 0.1) is 6.92 Å². The van der Waals surface area contributed by atoms with Crippen LogP contribution in [0.25, 0.3) is 0 Å². The number of nitrogens with one attached hydrogen (secondary N) is 1. The van der Waals surface area contributed by atoms with Gasteiger partial charge in [0, 0.05) is 12.1 Å². The molecule has 2 rings (SSSR count). The van der Waals surface area contributed by atoms with Crippen LogP contribution in [0.4, 0.5) is 0 Å². The highest BCUT2D eigenvalue weighted by molar-refractivity contribution is 5.83. The molecule has 0 fully saturated rings. The van der Waals surface area contributed by atoms with Crippen LogP contribution in [-0.2, 0) is 20.9 Å². The number of amides is 1. The van der Waals surface area contributed by atoms with Crippen LogP contribution in [0.2, 0.25) is 0 Å². The number of carbonyl (C=O) groups excluding carboxylic acids is 3. The van der Waals surface area contributed by atoms with E-state index in [4.69, 9.17) is 9.47 Å². The van der Waals surface area contributed by atoms with Crippen molar-refractivity contribution >= 4 is 18.2 Å². The standard InChI is InChI=1S/C20H21NO5/c1-14-3-5-16(6-4-14)11-21-20(24)15(2)26-19(23)13-25-18-9-7-17(12-22)8-10-18/h3-10,12,15H,11,13H2,1-2H3,(H,21,24)/t15-/m1/s1. The Labute approximate surface area is 152 Å². The second-order valence-corrected chi connectivity index (χ2v) is 5.81. The van der Waals surface area contributed by atoms with E-state index in [0.29, 0.717) is 17.9 Å². The number of benzene rings is 2. The lowest BCUT2D eigenvalue weighted by Crippen LogP contribution is -2.36. The monoisotopic (exact) mass is 355 g/mol. The number of esters is 1. The van der Waals surface area contributed by atoms with Crippen LogP contribution >= 0.6 is 0 Å². The van der Waals surface area contributed by atoms with E-state index in [9.17, 15) is 14.4 Å². The molecule has 0 saturated carbocycles. The van der Waals surface area contributed by atoms with Gasteiger partial charge in [-0.1, -0.05) is 29.8 Å². The van der Waals surface area contributed by atoms with Crippen molar-refractivity contribution in [2.45, 2.75) is 26.5 Å². The zero-order valence-corrected chi connectivity index (χ0v) is 14.7. The summed E-state index contributed by atoms with van der Waals surface area (Å²) in [6.07, 6.45) is -0.205. The summed E-state index contributed by atoms with van der Waals surface area (Å²) < 4.78 is 10.3. The number of hydrogen-bond acceptors (Lipinski definition) is 5. The summed E-state index contributed by atoms with van der Waals surface area (Å²) in [5.41, 5.74) is 2.62. The maximum absolute atomic E-state index is 12.0. The first-order valence-corrected chi connectivity index (χ1v) is 8.18. The molecule has 0 aromatic heterocycles. The number of hydrogen-bond donors (Lipinski definition) is 1. The van der Waals surface area contributed by atoms with Gasteiger partial charge in [0.15, 0.2) is 12.7 Å². The molecule has 0 unspecified atom stereocenters. The first-order chi connectivity index (χ1) is 12.5. The lowest BCUT2D eigenvalue weighted by atomic mass is 10.1. The molecule has 0 spiro atoms. The smallest absolute Gasteiger partial charge is 0.344 e. The average Bonchev–Trinajstić information content (AvgIpc) is 2.66. The third-order valence-electron chi connectivity index (χ3n) is 3.64. The molecule has 0 aliphatic carbocycles. The molecule has 1 atom stereocenters. The summed E-state index contributed by atoms with van der Waals surface area (Å²) in [6.45, 7) is 3.53. The largest absolute Gasteiger partial charge is 0.482 e. The zero-order chi connectivity index (χ0) is 18.9. The van der Waals surface area contributed by atoms with Crippen LogP contribution in [0.3, 0.4) is 0 Å². The summed E-state index contributed by atoms with van der Waals surface area (Å²) in [7, 11) is 0. The number of aryl methyl sites for hydroxylation is 1. The van der Waals surface area contributed by atoms with Crippen LogP contribution in [0.15, 0.2) is 48.5 Å². The van der Waals surface area contributed by atoms with Gasteiger partial charge >= 0.3 is 5.97 Å². The number of rotatable bonds is 8. The Morgan fingerprint density at radius 3 is 2.35 bits per heavy atom.